The molecule has 0 aliphatic carbocycles. The molecule has 0 saturated heterocycles. The first-order valence-electron chi connectivity index (χ1n) is 8.28. The Morgan fingerprint density at radius 2 is 1.70 bits per heavy atom. The third kappa shape index (κ3) is 6.80. The van der Waals surface area contributed by atoms with E-state index < -0.39 is 10.0 Å². The number of amides is 2. The van der Waals surface area contributed by atoms with Gasteiger partial charge in [-0.1, -0.05) is 12.1 Å². The lowest BCUT2D eigenvalue weighted by atomic mass is 10.1. The highest BCUT2D eigenvalue weighted by Gasteiger charge is 2.14. The monoisotopic (exact) mass is 390 g/mol. The van der Waals surface area contributed by atoms with Crippen LogP contribution < -0.4 is 10.5 Å². The molecule has 0 bridgehead atoms. The summed E-state index contributed by atoms with van der Waals surface area (Å²) in [5.41, 5.74) is 1.76. The molecule has 3 N–H and O–H groups in total. The Hall–Kier alpha value is -2.78. The average molecular weight is 390 g/mol. The Morgan fingerprint density at radius 3 is 2.26 bits per heavy atom. The van der Waals surface area contributed by atoms with Crippen LogP contribution in [0, 0.1) is 0 Å². The number of sulfonamides is 1. The normalized spacial score (nSPS) is 11.0. The van der Waals surface area contributed by atoms with E-state index in [1.165, 1.54) is 24.0 Å². The molecular formula is C18H22N4O4S. The summed E-state index contributed by atoms with van der Waals surface area (Å²) in [7, 11) is -3.73. The number of primary sulfonamides is 1. The largest absolute Gasteiger partial charge is 0.350 e. The lowest BCUT2D eigenvalue weighted by Gasteiger charge is -2.20. The van der Waals surface area contributed by atoms with E-state index in [9.17, 15) is 18.0 Å². The molecule has 0 atom stereocenters. The highest BCUT2D eigenvalue weighted by molar-refractivity contribution is 7.89. The summed E-state index contributed by atoms with van der Waals surface area (Å²) in [6, 6.07) is 9.72. The van der Waals surface area contributed by atoms with Gasteiger partial charge in [0.2, 0.25) is 21.8 Å². The van der Waals surface area contributed by atoms with Crippen molar-refractivity contribution in [2.75, 3.05) is 13.1 Å². The summed E-state index contributed by atoms with van der Waals surface area (Å²) in [6.07, 6.45) is 3.77. The SMILES string of the molecule is CC(=O)N(CCc1ccc(S(N)(=O)=O)cc1)CC(=O)NCc1ccncc1. The lowest BCUT2D eigenvalue weighted by molar-refractivity contribution is -0.134. The van der Waals surface area contributed by atoms with Crippen LogP contribution >= 0.6 is 0 Å². The highest BCUT2D eigenvalue weighted by Crippen LogP contribution is 2.10. The molecule has 1 aromatic heterocycles. The molecule has 0 aliphatic heterocycles. The van der Waals surface area contributed by atoms with Gasteiger partial charge in [-0.3, -0.25) is 14.6 Å². The molecule has 0 aliphatic rings. The smallest absolute Gasteiger partial charge is 0.239 e. The van der Waals surface area contributed by atoms with Crippen LogP contribution in [0.5, 0.6) is 0 Å². The Labute approximate surface area is 158 Å². The molecule has 2 aromatic rings. The number of nitrogens with one attached hydrogen (secondary N) is 1. The van der Waals surface area contributed by atoms with Crippen LogP contribution in [-0.2, 0) is 32.6 Å². The minimum atomic E-state index is -3.73. The van der Waals surface area contributed by atoms with Crippen molar-refractivity contribution in [3.8, 4) is 0 Å². The van der Waals surface area contributed by atoms with Crippen LogP contribution in [-0.4, -0.2) is 43.2 Å². The first-order chi connectivity index (χ1) is 12.8. The minimum Gasteiger partial charge on any atom is -0.350 e. The molecule has 0 spiro atoms. The van der Waals surface area contributed by atoms with Gasteiger partial charge >= 0.3 is 0 Å². The van der Waals surface area contributed by atoms with Crippen LogP contribution in [0.1, 0.15) is 18.1 Å². The summed E-state index contributed by atoms with van der Waals surface area (Å²) < 4.78 is 22.5. The van der Waals surface area contributed by atoms with Crippen molar-refractivity contribution < 1.29 is 18.0 Å². The quantitative estimate of drug-likeness (QED) is 0.677. The Bertz CT molecular complexity index is 883. The van der Waals surface area contributed by atoms with E-state index in [0.717, 1.165) is 11.1 Å². The molecule has 9 heteroatoms. The van der Waals surface area contributed by atoms with E-state index in [0.29, 0.717) is 19.5 Å². The van der Waals surface area contributed by atoms with Gasteiger partial charge in [-0.15, -0.1) is 0 Å². The summed E-state index contributed by atoms with van der Waals surface area (Å²) in [4.78, 5) is 29.3. The van der Waals surface area contributed by atoms with Crippen molar-refractivity contribution in [2.24, 2.45) is 5.14 Å². The molecule has 0 saturated carbocycles. The number of benzene rings is 1. The highest BCUT2D eigenvalue weighted by atomic mass is 32.2. The summed E-state index contributed by atoms with van der Waals surface area (Å²) >= 11 is 0. The second-order valence-electron chi connectivity index (χ2n) is 6.01. The van der Waals surface area contributed by atoms with Crippen molar-refractivity contribution in [3.63, 3.8) is 0 Å². The van der Waals surface area contributed by atoms with Crippen LogP contribution in [0.4, 0.5) is 0 Å². The zero-order chi connectivity index (χ0) is 19.9. The van der Waals surface area contributed by atoms with Gasteiger partial charge in [0, 0.05) is 32.4 Å². The lowest BCUT2D eigenvalue weighted by Crippen LogP contribution is -2.40. The number of nitrogens with zero attached hydrogens (tertiary/aromatic N) is 2. The fraction of sp³-hybridized carbons (Fsp3) is 0.278. The zero-order valence-corrected chi connectivity index (χ0v) is 15.8. The first kappa shape index (κ1) is 20.5. The molecule has 1 heterocycles. The van der Waals surface area contributed by atoms with Gasteiger partial charge < -0.3 is 10.2 Å². The Kier molecular flexibility index (Phi) is 7.03. The second-order valence-corrected chi connectivity index (χ2v) is 7.57. The van der Waals surface area contributed by atoms with E-state index in [-0.39, 0.29) is 23.3 Å². The summed E-state index contributed by atoms with van der Waals surface area (Å²) in [5, 5.41) is 7.83. The molecule has 144 valence electrons. The molecule has 2 rings (SSSR count). The molecular weight excluding hydrogens is 368 g/mol. The molecule has 0 fully saturated rings. The standard InChI is InChI=1S/C18H22N4O4S/c1-14(23)22(13-18(24)21-12-16-6-9-20-10-7-16)11-8-15-2-4-17(5-3-15)27(19,25)26/h2-7,9-10H,8,11-13H2,1H3,(H,21,24)(H2,19,25,26). The number of nitrogens with two attached hydrogens (primary N) is 1. The third-order valence-electron chi connectivity index (χ3n) is 3.94. The van der Waals surface area contributed by atoms with Crippen molar-refractivity contribution >= 4 is 21.8 Å². The summed E-state index contributed by atoms with van der Waals surface area (Å²) in [6.45, 7) is 2.06. The predicted molar refractivity (Wildman–Crippen MR) is 99.9 cm³/mol. The van der Waals surface area contributed by atoms with E-state index in [1.807, 2.05) is 0 Å². The zero-order valence-electron chi connectivity index (χ0n) is 15.0. The average Bonchev–Trinajstić information content (AvgIpc) is 2.63. The molecule has 0 unspecified atom stereocenters. The number of carbonyl (C=O) groups is 2. The molecule has 2 amide bonds. The molecule has 27 heavy (non-hydrogen) atoms. The van der Waals surface area contributed by atoms with E-state index in [4.69, 9.17) is 5.14 Å². The second kappa shape index (κ2) is 9.24. The molecule has 0 radical (unpaired) electrons. The van der Waals surface area contributed by atoms with E-state index >= 15 is 0 Å². The van der Waals surface area contributed by atoms with Gasteiger partial charge in [0.25, 0.3) is 0 Å². The van der Waals surface area contributed by atoms with Crippen molar-refractivity contribution in [3.05, 3.63) is 59.9 Å². The number of hydrogen-bond acceptors (Lipinski definition) is 5. The third-order valence-corrected chi connectivity index (χ3v) is 4.87. The van der Waals surface area contributed by atoms with Crippen molar-refractivity contribution in [2.45, 2.75) is 24.8 Å². The van der Waals surface area contributed by atoms with Gasteiger partial charge in [0.05, 0.1) is 11.4 Å². The van der Waals surface area contributed by atoms with Gasteiger partial charge in [-0.25, -0.2) is 13.6 Å². The molecule has 1 aromatic carbocycles. The van der Waals surface area contributed by atoms with Crippen LogP contribution in [0.25, 0.3) is 0 Å². The van der Waals surface area contributed by atoms with Crippen molar-refractivity contribution in [1.82, 2.24) is 15.2 Å². The van der Waals surface area contributed by atoms with Crippen molar-refractivity contribution in [1.29, 1.82) is 0 Å². The maximum absolute atomic E-state index is 12.1. The maximum Gasteiger partial charge on any atom is 0.239 e. The topological polar surface area (TPSA) is 122 Å². The van der Waals surface area contributed by atoms with E-state index in [2.05, 4.69) is 10.3 Å². The Balaban J connectivity index is 1.87. The number of aromatic nitrogens is 1. The predicted octanol–water partition coefficient (Wildman–Crippen LogP) is 0.436. The van der Waals surface area contributed by atoms with Crippen LogP contribution in [0.15, 0.2) is 53.7 Å². The van der Waals surface area contributed by atoms with Crippen LogP contribution in [0.3, 0.4) is 0 Å². The van der Waals surface area contributed by atoms with Crippen LogP contribution in [0.2, 0.25) is 0 Å². The fourth-order valence-corrected chi connectivity index (χ4v) is 2.90. The van der Waals surface area contributed by atoms with Gasteiger partial charge in [-0.2, -0.15) is 0 Å². The number of rotatable bonds is 8. The minimum absolute atomic E-state index is 0.0326. The van der Waals surface area contributed by atoms with Gasteiger partial charge in [0.1, 0.15) is 0 Å². The van der Waals surface area contributed by atoms with Gasteiger partial charge in [0.15, 0.2) is 0 Å². The summed E-state index contributed by atoms with van der Waals surface area (Å²) in [5.74, 6) is -0.471. The van der Waals surface area contributed by atoms with E-state index in [1.54, 1.807) is 36.7 Å². The maximum atomic E-state index is 12.1. The van der Waals surface area contributed by atoms with Gasteiger partial charge in [-0.05, 0) is 41.8 Å². The number of hydrogen-bond donors (Lipinski definition) is 2. The Morgan fingerprint density at radius 1 is 1.07 bits per heavy atom. The molecule has 8 nitrogen and oxygen atoms in total. The first-order valence-corrected chi connectivity index (χ1v) is 9.83. The number of carbonyl (C=O) groups excluding carboxylic acids is 2. The number of pyridine rings is 1. The fourth-order valence-electron chi connectivity index (χ4n) is 2.39.